The van der Waals surface area contributed by atoms with Gasteiger partial charge in [-0.3, -0.25) is 0 Å². The number of nitrogens with zero attached hydrogens (tertiary/aromatic N) is 1. The number of halogens is 2. The average molecular weight is 267 g/mol. The molecule has 1 heterocycles. The van der Waals surface area contributed by atoms with E-state index in [1.165, 1.54) is 0 Å². The van der Waals surface area contributed by atoms with Crippen LogP contribution in [0.5, 0.6) is 0 Å². The summed E-state index contributed by atoms with van der Waals surface area (Å²) in [6, 6.07) is 11.4. The summed E-state index contributed by atoms with van der Waals surface area (Å²) in [6.07, 6.45) is 1.71. The number of aromatic nitrogens is 1. The zero-order valence-corrected chi connectivity index (χ0v) is 10.8. The molecule has 1 aromatic carbocycles. The number of hydrogen-bond acceptors (Lipinski definition) is 2. The van der Waals surface area contributed by atoms with Gasteiger partial charge in [-0.05, 0) is 36.8 Å². The molecule has 2 aromatic rings. The van der Waals surface area contributed by atoms with Crippen LogP contribution in [0.2, 0.25) is 10.0 Å². The first-order chi connectivity index (χ1) is 8.16. The van der Waals surface area contributed by atoms with Crippen LogP contribution >= 0.6 is 23.2 Å². The molecule has 1 aromatic heterocycles. The first-order valence-corrected chi connectivity index (χ1v) is 6.05. The summed E-state index contributed by atoms with van der Waals surface area (Å²) in [5.41, 5.74) is 1.14. The van der Waals surface area contributed by atoms with Crippen molar-refractivity contribution in [2.45, 2.75) is 13.0 Å². The Morgan fingerprint density at radius 2 is 1.82 bits per heavy atom. The van der Waals surface area contributed by atoms with Crippen molar-refractivity contribution in [1.29, 1.82) is 0 Å². The molecule has 0 radical (unpaired) electrons. The van der Waals surface area contributed by atoms with Crippen molar-refractivity contribution in [3.05, 3.63) is 58.2 Å². The maximum Gasteiger partial charge on any atom is 0.145 e. The molecular formula is C13H12Cl2N2. The van der Waals surface area contributed by atoms with E-state index in [1.54, 1.807) is 12.3 Å². The van der Waals surface area contributed by atoms with E-state index in [1.807, 2.05) is 37.3 Å². The smallest absolute Gasteiger partial charge is 0.145 e. The van der Waals surface area contributed by atoms with E-state index in [0.717, 1.165) is 10.6 Å². The number of anilines is 1. The van der Waals surface area contributed by atoms with Gasteiger partial charge in [-0.25, -0.2) is 4.98 Å². The van der Waals surface area contributed by atoms with Gasteiger partial charge in [0, 0.05) is 17.3 Å². The Hall–Kier alpha value is -1.25. The van der Waals surface area contributed by atoms with Crippen LogP contribution in [0.1, 0.15) is 18.5 Å². The van der Waals surface area contributed by atoms with Crippen LogP contribution < -0.4 is 5.32 Å². The molecule has 0 bridgehead atoms. The van der Waals surface area contributed by atoms with Gasteiger partial charge in [-0.15, -0.1) is 0 Å². The van der Waals surface area contributed by atoms with Crippen molar-refractivity contribution in [3.63, 3.8) is 0 Å². The van der Waals surface area contributed by atoms with E-state index in [9.17, 15) is 0 Å². The van der Waals surface area contributed by atoms with E-state index in [2.05, 4.69) is 10.3 Å². The summed E-state index contributed by atoms with van der Waals surface area (Å²) in [6.45, 7) is 2.05. The number of rotatable bonds is 3. The molecule has 2 rings (SSSR count). The van der Waals surface area contributed by atoms with Crippen molar-refractivity contribution in [3.8, 4) is 0 Å². The fourth-order valence-corrected chi connectivity index (χ4v) is 1.83. The van der Waals surface area contributed by atoms with Crippen LogP contribution in [0.4, 0.5) is 5.82 Å². The third kappa shape index (κ3) is 3.11. The van der Waals surface area contributed by atoms with Gasteiger partial charge >= 0.3 is 0 Å². The zero-order valence-electron chi connectivity index (χ0n) is 9.32. The average Bonchev–Trinajstić information content (AvgIpc) is 2.33. The summed E-state index contributed by atoms with van der Waals surface area (Å²) in [5.74, 6) is 0.691. The Morgan fingerprint density at radius 1 is 1.12 bits per heavy atom. The van der Waals surface area contributed by atoms with Gasteiger partial charge in [0.2, 0.25) is 0 Å². The molecule has 2 nitrogen and oxygen atoms in total. The van der Waals surface area contributed by atoms with E-state index < -0.39 is 0 Å². The lowest BCUT2D eigenvalue weighted by Crippen LogP contribution is -2.07. The lowest BCUT2D eigenvalue weighted by molar-refractivity contribution is 0.875. The molecule has 4 heteroatoms. The molecule has 17 heavy (non-hydrogen) atoms. The molecule has 1 unspecified atom stereocenters. The van der Waals surface area contributed by atoms with E-state index in [-0.39, 0.29) is 6.04 Å². The molecule has 0 aliphatic rings. The number of benzene rings is 1. The van der Waals surface area contributed by atoms with Gasteiger partial charge in [0.05, 0.1) is 5.02 Å². The summed E-state index contributed by atoms with van der Waals surface area (Å²) in [7, 11) is 0. The Kier molecular flexibility index (Phi) is 3.87. The molecule has 0 fully saturated rings. The highest BCUT2D eigenvalue weighted by Crippen LogP contribution is 2.24. The summed E-state index contributed by atoms with van der Waals surface area (Å²) in [4.78, 5) is 4.19. The highest BCUT2D eigenvalue weighted by Gasteiger charge is 2.07. The van der Waals surface area contributed by atoms with Gasteiger partial charge in [-0.1, -0.05) is 35.3 Å². The van der Waals surface area contributed by atoms with Gasteiger partial charge in [0.25, 0.3) is 0 Å². The largest absolute Gasteiger partial charge is 0.362 e. The Labute approximate surface area is 111 Å². The standard InChI is InChI=1S/C13H12Cl2N2/c1-9(10-4-6-11(14)7-5-10)17-13-12(15)3-2-8-16-13/h2-9H,1H3,(H,16,17). The normalized spacial score (nSPS) is 12.2. The van der Waals surface area contributed by atoms with Gasteiger partial charge in [0.15, 0.2) is 0 Å². The lowest BCUT2D eigenvalue weighted by Gasteiger charge is -2.15. The zero-order chi connectivity index (χ0) is 12.3. The Morgan fingerprint density at radius 3 is 2.47 bits per heavy atom. The quantitative estimate of drug-likeness (QED) is 0.881. The third-order valence-corrected chi connectivity index (χ3v) is 3.04. The molecule has 0 saturated heterocycles. The molecule has 0 amide bonds. The van der Waals surface area contributed by atoms with E-state index >= 15 is 0 Å². The predicted molar refractivity (Wildman–Crippen MR) is 72.7 cm³/mol. The van der Waals surface area contributed by atoms with E-state index in [4.69, 9.17) is 23.2 Å². The highest BCUT2D eigenvalue weighted by atomic mass is 35.5. The second-order valence-corrected chi connectivity index (χ2v) is 4.60. The summed E-state index contributed by atoms with van der Waals surface area (Å²) < 4.78 is 0. The minimum atomic E-state index is 0.125. The van der Waals surface area contributed by atoms with Crippen LogP contribution in [0, 0.1) is 0 Å². The first-order valence-electron chi connectivity index (χ1n) is 5.29. The molecular weight excluding hydrogens is 255 g/mol. The summed E-state index contributed by atoms with van der Waals surface area (Å²) in [5, 5.41) is 4.61. The van der Waals surface area contributed by atoms with Crippen LogP contribution in [0.15, 0.2) is 42.6 Å². The lowest BCUT2D eigenvalue weighted by atomic mass is 10.1. The van der Waals surface area contributed by atoms with Crippen molar-refractivity contribution >= 4 is 29.0 Å². The maximum absolute atomic E-state index is 6.03. The first kappa shape index (κ1) is 12.2. The number of nitrogens with one attached hydrogen (secondary N) is 1. The topological polar surface area (TPSA) is 24.9 Å². The third-order valence-electron chi connectivity index (χ3n) is 2.48. The number of pyridine rings is 1. The minimum Gasteiger partial charge on any atom is -0.362 e. The van der Waals surface area contributed by atoms with Crippen LogP contribution in [-0.2, 0) is 0 Å². The predicted octanol–water partition coefficient (Wildman–Crippen LogP) is 4.56. The monoisotopic (exact) mass is 266 g/mol. The Balaban J connectivity index is 2.14. The van der Waals surface area contributed by atoms with Crippen LogP contribution in [-0.4, -0.2) is 4.98 Å². The number of hydrogen-bond donors (Lipinski definition) is 1. The fourth-order valence-electron chi connectivity index (χ4n) is 1.53. The van der Waals surface area contributed by atoms with E-state index in [0.29, 0.717) is 10.8 Å². The maximum atomic E-state index is 6.03. The summed E-state index contributed by atoms with van der Waals surface area (Å²) >= 11 is 11.9. The van der Waals surface area contributed by atoms with Crippen molar-refractivity contribution in [2.24, 2.45) is 0 Å². The molecule has 1 atom stereocenters. The van der Waals surface area contributed by atoms with Crippen molar-refractivity contribution in [2.75, 3.05) is 5.32 Å². The van der Waals surface area contributed by atoms with Crippen molar-refractivity contribution < 1.29 is 0 Å². The molecule has 0 aliphatic carbocycles. The fraction of sp³-hybridized carbons (Fsp3) is 0.154. The second kappa shape index (κ2) is 5.39. The second-order valence-electron chi connectivity index (χ2n) is 3.75. The highest BCUT2D eigenvalue weighted by molar-refractivity contribution is 6.32. The molecule has 0 aliphatic heterocycles. The Bertz CT molecular complexity index is 497. The minimum absolute atomic E-state index is 0.125. The molecule has 1 N–H and O–H groups in total. The molecule has 88 valence electrons. The van der Waals surface area contributed by atoms with Gasteiger partial charge < -0.3 is 5.32 Å². The van der Waals surface area contributed by atoms with Gasteiger partial charge in [-0.2, -0.15) is 0 Å². The van der Waals surface area contributed by atoms with Crippen LogP contribution in [0.3, 0.4) is 0 Å². The SMILES string of the molecule is CC(Nc1ncccc1Cl)c1ccc(Cl)cc1. The van der Waals surface area contributed by atoms with Gasteiger partial charge in [0.1, 0.15) is 5.82 Å². The molecule has 0 saturated carbocycles. The molecule has 0 spiro atoms. The van der Waals surface area contributed by atoms with Crippen molar-refractivity contribution in [1.82, 2.24) is 4.98 Å². The van der Waals surface area contributed by atoms with Crippen LogP contribution in [0.25, 0.3) is 0 Å².